The zero-order valence-electron chi connectivity index (χ0n) is 9.93. The third kappa shape index (κ3) is 3.07. The van der Waals surface area contributed by atoms with Crippen molar-refractivity contribution >= 4 is 28.5 Å². The van der Waals surface area contributed by atoms with Crippen LogP contribution in [0.3, 0.4) is 0 Å². The molecule has 0 spiro atoms. The second kappa shape index (κ2) is 5.48. The van der Waals surface area contributed by atoms with Gasteiger partial charge in [-0.15, -0.1) is 0 Å². The predicted octanol–water partition coefficient (Wildman–Crippen LogP) is 1.85. The van der Waals surface area contributed by atoms with Crippen molar-refractivity contribution in [3.8, 4) is 0 Å². The number of nitrogens with zero attached hydrogens (tertiary/aromatic N) is 2. The minimum atomic E-state index is -0.561. The van der Waals surface area contributed by atoms with E-state index in [9.17, 15) is 14.0 Å². The molecule has 18 heavy (non-hydrogen) atoms. The normalized spacial score (nSPS) is 19.3. The highest BCUT2D eigenvalue weighted by Gasteiger charge is 2.30. The molecule has 1 aliphatic heterocycles. The number of thioether (sulfide) groups is 1. The number of hydrogen-bond acceptors (Lipinski definition) is 4. The Morgan fingerprint density at radius 3 is 3.00 bits per heavy atom. The van der Waals surface area contributed by atoms with E-state index in [0.717, 1.165) is 0 Å². The molecule has 0 radical (unpaired) electrons. The molecule has 1 fully saturated rings. The van der Waals surface area contributed by atoms with Crippen LogP contribution in [0.1, 0.15) is 13.3 Å². The van der Waals surface area contributed by atoms with Crippen LogP contribution in [-0.4, -0.2) is 28.3 Å². The first kappa shape index (κ1) is 13.0. The summed E-state index contributed by atoms with van der Waals surface area (Å²) in [6, 6.07) is 2.78. The number of carbonyl (C=O) groups is 2. The van der Waals surface area contributed by atoms with Crippen molar-refractivity contribution in [3.05, 3.63) is 24.3 Å². The van der Waals surface area contributed by atoms with Gasteiger partial charge in [-0.25, -0.2) is 4.98 Å². The second-order valence-corrected chi connectivity index (χ2v) is 5.41. The average Bonchev–Trinajstić information content (AvgIpc) is 2.69. The van der Waals surface area contributed by atoms with Gasteiger partial charge < -0.3 is 4.90 Å². The van der Waals surface area contributed by atoms with Gasteiger partial charge >= 0.3 is 0 Å². The van der Waals surface area contributed by atoms with Gasteiger partial charge in [-0.2, -0.15) is 4.39 Å². The summed E-state index contributed by atoms with van der Waals surface area (Å²) >= 11 is 1.24. The van der Waals surface area contributed by atoms with E-state index in [-0.39, 0.29) is 16.9 Å². The minimum absolute atomic E-state index is 0.00226. The van der Waals surface area contributed by atoms with Crippen LogP contribution in [0.2, 0.25) is 0 Å². The molecule has 96 valence electrons. The molecule has 1 saturated heterocycles. The fraction of sp³-hybridized carbons (Fsp3) is 0.417. The van der Waals surface area contributed by atoms with E-state index in [2.05, 4.69) is 4.98 Å². The van der Waals surface area contributed by atoms with Crippen molar-refractivity contribution in [3.63, 3.8) is 0 Å². The van der Waals surface area contributed by atoms with Crippen LogP contribution >= 0.6 is 11.8 Å². The number of aromatic nitrogens is 1. The van der Waals surface area contributed by atoms with E-state index in [0.29, 0.717) is 24.4 Å². The molecule has 2 rings (SSSR count). The molecule has 1 unspecified atom stereocenters. The minimum Gasteiger partial charge on any atom is -0.311 e. The van der Waals surface area contributed by atoms with E-state index >= 15 is 0 Å². The van der Waals surface area contributed by atoms with Crippen LogP contribution in [0, 0.1) is 11.9 Å². The number of pyridine rings is 1. The number of rotatable bonds is 3. The topological polar surface area (TPSA) is 50.3 Å². The van der Waals surface area contributed by atoms with Crippen molar-refractivity contribution in [2.24, 2.45) is 5.92 Å². The number of anilines is 1. The summed E-state index contributed by atoms with van der Waals surface area (Å²) in [4.78, 5) is 27.8. The molecular weight excluding hydrogens is 255 g/mol. The SMILES string of the molecule is CC(=O)SCC1CC(=O)N(c2ccc(F)nc2)C1. The highest BCUT2D eigenvalue weighted by molar-refractivity contribution is 8.13. The van der Waals surface area contributed by atoms with E-state index in [1.54, 1.807) is 11.0 Å². The maximum atomic E-state index is 12.7. The van der Waals surface area contributed by atoms with E-state index in [4.69, 9.17) is 0 Å². The lowest BCUT2D eigenvalue weighted by molar-refractivity contribution is -0.117. The van der Waals surface area contributed by atoms with Crippen LogP contribution in [0.25, 0.3) is 0 Å². The van der Waals surface area contributed by atoms with Gasteiger partial charge in [0.25, 0.3) is 0 Å². The van der Waals surface area contributed by atoms with Gasteiger partial charge in [-0.05, 0) is 18.1 Å². The van der Waals surface area contributed by atoms with Gasteiger partial charge in [-0.1, -0.05) is 11.8 Å². The summed E-state index contributed by atoms with van der Waals surface area (Å²) in [5.41, 5.74) is 0.608. The summed E-state index contributed by atoms with van der Waals surface area (Å²) in [6.07, 6.45) is 1.78. The van der Waals surface area contributed by atoms with E-state index in [1.165, 1.54) is 30.9 Å². The Morgan fingerprint density at radius 1 is 1.61 bits per heavy atom. The number of carbonyl (C=O) groups excluding carboxylic acids is 2. The first-order chi connectivity index (χ1) is 8.56. The maximum Gasteiger partial charge on any atom is 0.227 e. The lowest BCUT2D eigenvalue weighted by atomic mass is 10.1. The van der Waals surface area contributed by atoms with Gasteiger partial charge in [0.15, 0.2) is 5.12 Å². The predicted molar refractivity (Wildman–Crippen MR) is 67.8 cm³/mol. The third-order valence-corrected chi connectivity index (χ3v) is 3.80. The van der Waals surface area contributed by atoms with Crippen molar-refractivity contribution in [1.29, 1.82) is 0 Å². The fourth-order valence-corrected chi connectivity index (χ4v) is 2.60. The van der Waals surface area contributed by atoms with Crippen molar-refractivity contribution in [2.75, 3.05) is 17.2 Å². The Hall–Kier alpha value is -1.43. The summed E-state index contributed by atoms with van der Waals surface area (Å²) in [5.74, 6) is 0.245. The summed E-state index contributed by atoms with van der Waals surface area (Å²) in [5, 5.41) is 0.0596. The monoisotopic (exact) mass is 268 g/mol. The molecule has 0 saturated carbocycles. The average molecular weight is 268 g/mol. The Labute approximate surface area is 109 Å². The molecule has 1 aromatic heterocycles. The molecule has 1 atom stereocenters. The van der Waals surface area contributed by atoms with Gasteiger partial charge in [0.2, 0.25) is 11.9 Å². The van der Waals surface area contributed by atoms with Crippen LogP contribution in [0.5, 0.6) is 0 Å². The molecule has 1 aliphatic rings. The quantitative estimate of drug-likeness (QED) is 0.785. The first-order valence-corrected chi connectivity index (χ1v) is 6.60. The van der Waals surface area contributed by atoms with Crippen LogP contribution in [0.4, 0.5) is 10.1 Å². The molecule has 0 bridgehead atoms. The van der Waals surface area contributed by atoms with E-state index in [1.807, 2.05) is 0 Å². The summed E-state index contributed by atoms with van der Waals surface area (Å²) in [6.45, 7) is 2.08. The van der Waals surface area contributed by atoms with Crippen LogP contribution < -0.4 is 4.90 Å². The van der Waals surface area contributed by atoms with E-state index < -0.39 is 5.95 Å². The van der Waals surface area contributed by atoms with Gasteiger partial charge in [-0.3, -0.25) is 9.59 Å². The highest BCUT2D eigenvalue weighted by atomic mass is 32.2. The van der Waals surface area contributed by atoms with Crippen molar-refractivity contribution < 1.29 is 14.0 Å². The smallest absolute Gasteiger partial charge is 0.227 e. The third-order valence-electron chi connectivity index (χ3n) is 2.75. The molecule has 0 N–H and O–H groups in total. The largest absolute Gasteiger partial charge is 0.311 e. The number of amides is 1. The van der Waals surface area contributed by atoms with Crippen LogP contribution in [0.15, 0.2) is 18.3 Å². The van der Waals surface area contributed by atoms with Gasteiger partial charge in [0.05, 0.1) is 11.9 Å². The Morgan fingerprint density at radius 2 is 2.39 bits per heavy atom. The molecule has 0 aliphatic carbocycles. The molecular formula is C12H13FN2O2S. The zero-order valence-corrected chi connectivity index (χ0v) is 10.7. The Bertz CT molecular complexity index is 464. The maximum absolute atomic E-state index is 12.7. The molecule has 4 nitrogen and oxygen atoms in total. The molecule has 1 amide bonds. The Balaban J connectivity index is 2.00. The lowest BCUT2D eigenvalue weighted by Crippen LogP contribution is -2.24. The zero-order chi connectivity index (χ0) is 13.1. The summed E-state index contributed by atoms with van der Waals surface area (Å²) in [7, 11) is 0. The lowest BCUT2D eigenvalue weighted by Gasteiger charge is -2.15. The van der Waals surface area contributed by atoms with Gasteiger partial charge in [0, 0.05) is 25.6 Å². The van der Waals surface area contributed by atoms with Crippen molar-refractivity contribution in [2.45, 2.75) is 13.3 Å². The number of hydrogen-bond donors (Lipinski definition) is 0. The van der Waals surface area contributed by atoms with Gasteiger partial charge in [0.1, 0.15) is 0 Å². The second-order valence-electron chi connectivity index (χ2n) is 4.22. The molecule has 2 heterocycles. The molecule has 1 aromatic rings. The fourth-order valence-electron chi connectivity index (χ4n) is 1.91. The highest BCUT2D eigenvalue weighted by Crippen LogP contribution is 2.26. The molecule has 0 aromatic carbocycles. The Kier molecular flexibility index (Phi) is 3.96. The first-order valence-electron chi connectivity index (χ1n) is 5.61. The standard InChI is InChI=1S/C12H13FN2O2S/c1-8(16)18-7-9-4-12(17)15(6-9)10-2-3-11(13)14-5-10/h2-3,5,9H,4,6-7H2,1H3. The van der Waals surface area contributed by atoms with Crippen molar-refractivity contribution in [1.82, 2.24) is 4.98 Å². The van der Waals surface area contributed by atoms with Crippen LogP contribution in [-0.2, 0) is 9.59 Å². The number of halogens is 1. The summed E-state index contributed by atoms with van der Waals surface area (Å²) < 4.78 is 12.7. The molecule has 6 heteroatoms.